The maximum atomic E-state index is 3.45. The second-order valence-electron chi connectivity index (χ2n) is 0.720. The molecule has 1 rings (SSSR count). The molecule has 0 aromatic heterocycles. The van der Waals surface area contributed by atoms with Crippen molar-refractivity contribution < 1.29 is 0 Å². The molecule has 0 aromatic rings. The lowest BCUT2D eigenvalue weighted by molar-refractivity contribution is 1.21. The van der Waals surface area contributed by atoms with Crippen molar-refractivity contribution >= 4 is 33.7 Å². The molecule has 0 saturated carbocycles. The van der Waals surface area contributed by atoms with Crippen molar-refractivity contribution in [2.75, 3.05) is 0 Å². The fourth-order valence-electron chi connectivity index (χ4n) is 0.122. The van der Waals surface area contributed by atoms with Crippen LogP contribution in [0.15, 0.2) is 18.5 Å². The second-order valence-corrected chi connectivity index (χ2v) is 10.3. The van der Waals surface area contributed by atoms with Crippen molar-refractivity contribution in [3.8, 4) is 0 Å². The van der Waals surface area contributed by atoms with Gasteiger partial charge in [0.2, 0.25) is 0 Å². The van der Waals surface area contributed by atoms with E-state index in [9.17, 15) is 0 Å². The lowest BCUT2D eigenvalue weighted by Crippen LogP contribution is -1.63. The minimum atomic E-state index is 0.553. The predicted molar refractivity (Wildman–Crippen MR) is 43.6 cm³/mol. The van der Waals surface area contributed by atoms with Gasteiger partial charge in [0.25, 0.3) is 0 Å². The third-order valence-corrected chi connectivity index (χ3v) is 6.94. The third-order valence-electron chi connectivity index (χ3n) is 0.327. The summed E-state index contributed by atoms with van der Waals surface area (Å²) in [5.41, 5.74) is 2.74. The number of rotatable bonds is 1. The highest BCUT2D eigenvalue weighted by molar-refractivity contribution is 14.9. The van der Waals surface area contributed by atoms with E-state index in [0.717, 1.165) is 0 Å². The minimum Gasteiger partial charge on any atom is -0.254 e. The van der Waals surface area contributed by atoms with Crippen LogP contribution >= 0.6 is 33.7 Å². The van der Waals surface area contributed by atoms with Gasteiger partial charge in [-0.25, -0.2) is 0 Å². The molecular weight excluding hydrogens is 304 g/mol. The Balaban J connectivity index is 2.36. The van der Waals surface area contributed by atoms with E-state index in [4.69, 9.17) is 0 Å². The summed E-state index contributed by atoms with van der Waals surface area (Å²) in [7, 11) is 0. The molecule has 0 N–H and O–H groups in total. The summed E-state index contributed by atoms with van der Waals surface area (Å²) in [6.07, 6.45) is 1.97. The molecule has 1 nitrogen and oxygen atoms in total. The highest BCUT2D eigenvalue weighted by atomic mass is 128. The zero-order valence-corrected chi connectivity index (χ0v) is 7.30. The Morgan fingerprint density at radius 1 is 1.67 bits per heavy atom. The van der Waals surface area contributed by atoms with Gasteiger partial charge in [-0.2, -0.15) is 0 Å². The van der Waals surface area contributed by atoms with E-state index >= 15 is 0 Å². The average Bonchev–Trinajstić information content (AvgIpc) is 2.21. The molecule has 34 valence electrons. The molecule has 0 unspecified atom stereocenters. The second kappa shape index (κ2) is 2.18. The third kappa shape index (κ3) is 1.49. The minimum absolute atomic E-state index is 0.553. The summed E-state index contributed by atoms with van der Waals surface area (Å²) < 4.78 is 2.35. The highest BCUT2D eigenvalue weighted by Crippen LogP contribution is 2.46. The van der Waals surface area contributed by atoms with Crippen LogP contribution in [-0.4, -0.2) is 1.33 Å². The molecule has 0 radical (unpaired) electrons. The molecular formula is C3H3I2N. The van der Waals surface area contributed by atoms with Crippen LogP contribution in [-0.2, 0) is 0 Å². The topological polar surface area (TPSA) is 3.01 Å². The van der Waals surface area contributed by atoms with Gasteiger partial charge in [-0.15, -0.1) is 5.73 Å². The molecule has 0 aliphatic carbocycles. The lowest BCUT2D eigenvalue weighted by atomic mass is 10.9. The SMILES string of the molecule is C=C=CN1I=I1. The Morgan fingerprint density at radius 2 is 2.33 bits per heavy atom. The van der Waals surface area contributed by atoms with Gasteiger partial charge in [-0.05, 0) is 0 Å². The molecule has 1 heterocycles. The van der Waals surface area contributed by atoms with Crippen LogP contribution in [0.4, 0.5) is 0 Å². The first kappa shape index (κ1) is 4.93. The zero-order chi connectivity index (χ0) is 4.41. The van der Waals surface area contributed by atoms with E-state index in [1.807, 2.05) is 6.20 Å². The van der Waals surface area contributed by atoms with E-state index in [0.29, 0.717) is 33.7 Å². The van der Waals surface area contributed by atoms with Crippen LogP contribution in [0.3, 0.4) is 0 Å². The van der Waals surface area contributed by atoms with Gasteiger partial charge in [0.05, 0.1) is 39.9 Å². The fraction of sp³-hybridized carbons (Fsp3) is 0. The molecule has 0 atom stereocenters. The van der Waals surface area contributed by atoms with E-state index in [1.165, 1.54) is 0 Å². The first-order valence-corrected chi connectivity index (χ1v) is 9.60. The van der Waals surface area contributed by atoms with Gasteiger partial charge >= 0.3 is 0 Å². The summed E-state index contributed by atoms with van der Waals surface area (Å²) in [6, 6.07) is 0. The van der Waals surface area contributed by atoms with Crippen molar-refractivity contribution in [2.45, 2.75) is 0 Å². The van der Waals surface area contributed by atoms with E-state index in [2.05, 4.69) is 13.6 Å². The monoisotopic (exact) mass is 307 g/mol. The predicted octanol–water partition coefficient (Wildman–Crippen LogP) is 2.29. The zero-order valence-electron chi connectivity index (χ0n) is 2.99. The molecule has 1 aliphatic rings. The van der Waals surface area contributed by atoms with Crippen LogP contribution in [0, 0.1) is 0 Å². The Morgan fingerprint density at radius 3 is 2.50 bits per heavy atom. The van der Waals surface area contributed by atoms with Gasteiger partial charge < -0.3 is 0 Å². The Hall–Kier alpha value is 0.780. The van der Waals surface area contributed by atoms with E-state index < -0.39 is 0 Å². The molecule has 0 amide bonds. The number of hydrogen-bond acceptors (Lipinski definition) is 1. The summed E-state index contributed by atoms with van der Waals surface area (Å²) in [5, 5.41) is 0. The van der Waals surface area contributed by atoms with E-state index in [-0.39, 0.29) is 0 Å². The molecule has 0 saturated heterocycles. The quantitative estimate of drug-likeness (QED) is 0.408. The van der Waals surface area contributed by atoms with Gasteiger partial charge in [0, 0.05) is 0 Å². The van der Waals surface area contributed by atoms with Gasteiger partial charge in [0.1, 0.15) is 0 Å². The van der Waals surface area contributed by atoms with Gasteiger partial charge in [-0.1, -0.05) is 6.58 Å². The van der Waals surface area contributed by atoms with Gasteiger partial charge in [-0.3, -0.25) is 1.33 Å². The van der Waals surface area contributed by atoms with Crippen molar-refractivity contribution in [2.24, 2.45) is 0 Å². The normalized spacial score (nSPS) is 16.3. The average molecular weight is 307 g/mol. The maximum Gasteiger partial charge on any atom is 0.0697 e. The van der Waals surface area contributed by atoms with Crippen LogP contribution < -0.4 is 0 Å². The molecule has 0 bridgehead atoms. The van der Waals surface area contributed by atoms with Crippen molar-refractivity contribution in [1.82, 2.24) is 1.33 Å². The van der Waals surface area contributed by atoms with E-state index in [1.54, 1.807) is 0 Å². The first-order valence-electron chi connectivity index (χ1n) is 1.38. The first-order chi connectivity index (χ1) is 2.93. The standard InChI is InChI=1S/C3H3I2N/c1-2-3-6-4-5-6/h3H,1H2. The highest BCUT2D eigenvalue weighted by Gasteiger charge is 1.99. The molecule has 6 heavy (non-hydrogen) atoms. The maximum absolute atomic E-state index is 3.45. The number of hydrogen-bond donors (Lipinski definition) is 0. The Labute approximate surface area is 53.1 Å². The van der Waals surface area contributed by atoms with Crippen LogP contribution in [0.2, 0.25) is 0 Å². The summed E-state index contributed by atoms with van der Waals surface area (Å²) in [5.74, 6) is 0. The van der Waals surface area contributed by atoms with Crippen LogP contribution in [0.1, 0.15) is 0 Å². The van der Waals surface area contributed by atoms with Crippen molar-refractivity contribution in [3.63, 3.8) is 0 Å². The Bertz CT molecular complexity index is 117. The van der Waals surface area contributed by atoms with Gasteiger partial charge in [0.15, 0.2) is 0 Å². The molecule has 3 heteroatoms. The molecule has 0 aromatic carbocycles. The largest absolute Gasteiger partial charge is 0.254 e. The Kier molecular flexibility index (Phi) is 1.79. The van der Waals surface area contributed by atoms with Crippen molar-refractivity contribution in [1.29, 1.82) is 0 Å². The number of nitrogens with zero attached hydrogens (tertiary/aromatic N) is 1. The molecule has 1 aliphatic heterocycles. The summed E-state index contributed by atoms with van der Waals surface area (Å²) in [4.78, 5) is 0. The smallest absolute Gasteiger partial charge is 0.0697 e. The molecule has 0 spiro atoms. The summed E-state index contributed by atoms with van der Waals surface area (Å²) >= 11 is 1.11. The lowest BCUT2D eigenvalue weighted by Gasteiger charge is -1.74. The van der Waals surface area contributed by atoms with Crippen LogP contribution in [0.25, 0.3) is 0 Å². The van der Waals surface area contributed by atoms with Crippen molar-refractivity contribution in [3.05, 3.63) is 18.5 Å². The number of halogens is 2. The summed E-state index contributed by atoms with van der Waals surface area (Å²) in [6.45, 7) is 3.45. The molecule has 0 fully saturated rings. The van der Waals surface area contributed by atoms with Crippen LogP contribution in [0.5, 0.6) is 0 Å². The fourth-order valence-corrected chi connectivity index (χ4v) is 2.87.